The Morgan fingerprint density at radius 3 is 2.56 bits per heavy atom. The van der Waals surface area contributed by atoms with Crippen molar-refractivity contribution in [3.63, 3.8) is 0 Å². The molecule has 3 unspecified atom stereocenters. The number of nitrogens with one attached hydrogen (secondary N) is 1. The number of amides is 1. The van der Waals surface area contributed by atoms with Crippen molar-refractivity contribution >= 4 is 38.7 Å². The van der Waals surface area contributed by atoms with Gasteiger partial charge in [-0.2, -0.15) is 0 Å². The molecule has 3 atom stereocenters. The van der Waals surface area contributed by atoms with Gasteiger partial charge in [0.25, 0.3) is 0 Å². The first-order valence-electron chi connectivity index (χ1n) is 8.82. The fraction of sp³-hybridized carbons (Fsp3) is 0.611. The van der Waals surface area contributed by atoms with Gasteiger partial charge in [-0.1, -0.05) is 19.3 Å². The average molecular weight is 462 g/mol. The first-order chi connectivity index (χ1) is 12.6. The molecule has 1 aliphatic carbocycles. The number of halogens is 2. The van der Waals surface area contributed by atoms with Gasteiger partial charge >= 0.3 is 6.09 Å². The van der Waals surface area contributed by atoms with Crippen LogP contribution in [0.3, 0.4) is 0 Å². The third kappa shape index (κ3) is 7.29. The first-order valence-corrected chi connectivity index (χ1v) is 11.0. The smallest absolute Gasteiger partial charge is 0.413 e. The third-order valence-electron chi connectivity index (χ3n) is 3.59. The lowest BCUT2D eigenvalue weighted by Gasteiger charge is -2.27. The number of carbonyl (C=O) groups is 1. The van der Waals surface area contributed by atoms with E-state index in [1.165, 1.54) is 25.3 Å². The van der Waals surface area contributed by atoms with E-state index in [-0.39, 0.29) is 17.2 Å². The SMILES string of the molecule is C1CC1.CC1C(NC(=O)OC(C)(C)C)=NC(c2cc(Br)ncc2F)CS1=O. The van der Waals surface area contributed by atoms with Gasteiger partial charge in [-0.25, -0.2) is 14.2 Å². The maximum atomic E-state index is 14.0. The summed E-state index contributed by atoms with van der Waals surface area (Å²) in [4.78, 5) is 20.1. The molecule has 2 heterocycles. The van der Waals surface area contributed by atoms with E-state index in [1.807, 2.05) is 0 Å². The minimum absolute atomic E-state index is 0.175. The summed E-state index contributed by atoms with van der Waals surface area (Å²) in [5.74, 6) is -0.130. The van der Waals surface area contributed by atoms with Gasteiger partial charge in [0.05, 0.1) is 23.2 Å². The molecule has 1 fully saturated rings. The molecule has 3 rings (SSSR count). The summed E-state index contributed by atoms with van der Waals surface area (Å²) in [5.41, 5.74) is -0.385. The molecule has 0 bridgehead atoms. The van der Waals surface area contributed by atoms with E-state index in [0.29, 0.717) is 4.60 Å². The molecule has 150 valence electrons. The summed E-state index contributed by atoms with van der Waals surface area (Å²) in [6.07, 6.45) is 4.90. The highest BCUT2D eigenvalue weighted by molar-refractivity contribution is 9.10. The van der Waals surface area contributed by atoms with Crippen molar-refractivity contribution in [1.29, 1.82) is 0 Å². The second-order valence-corrected chi connectivity index (χ2v) is 10.1. The molecule has 0 spiro atoms. The Hall–Kier alpha value is -1.35. The lowest BCUT2D eigenvalue weighted by Crippen LogP contribution is -2.45. The number of hydrogen-bond acceptors (Lipinski definition) is 5. The van der Waals surface area contributed by atoms with E-state index in [9.17, 15) is 13.4 Å². The summed E-state index contributed by atoms with van der Waals surface area (Å²) in [6.45, 7) is 6.91. The van der Waals surface area contributed by atoms with Crippen molar-refractivity contribution in [2.75, 3.05) is 5.75 Å². The van der Waals surface area contributed by atoms with Crippen LogP contribution in [0.25, 0.3) is 0 Å². The van der Waals surface area contributed by atoms with Gasteiger partial charge in [0, 0.05) is 16.4 Å². The minimum Gasteiger partial charge on any atom is -0.444 e. The number of alkyl carbamates (subject to hydrolysis) is 1. The minimum atomic E-state index is -1.30. The highest BCUT2D eigenvalue weighted by atomic mass is 79.9. The van der Waals surface area contributed by atoms with Crippen molar-refractivity contribution in [1.82, 2.24) is 10.3 Å². The quantitative estimate of drug-likeness (QED) is 0.633. The van der Waals surface area contributed by atoms with Gasteiger partial charge in [-0.15, -0.1) is 0 Å². The number of pyridine rings is 1. The summed E-state index contributed by atoms with van der Waals surface area (Å²) < 4.78 is 32.0. The van der Waals surface area contributed by atoms with E-state index in [0.717, 1.165) is 6.20 Å². The molecular formula is C18H25BrFN3O3S. The Morgan fingerprint density at radius 2 is 2.00 bits per heavy atom. The van der Waals surface area contributed by atoms with Gasteiger partial charge in [0.1, 0.15) is 21.9 Å². The summed E-state index contributed by atoms with van der Waals surface area (Å²) in [6, 6.07) is 0.841. The molecule has 0 saturated heterocycles. The van der Waals surface area contributed by atoms with E-state index < -0.39 is 39.6 Å². The predicted octanol–water partition coefficient (Wildman–Crippen LogP) is 4.27. The number of ether oxygens (including phenoxy) is 1. The van der Waals surface area contributed by atoms with E-state index in [2.05, 4.69) is 31.2 Å². The Bertz CT molecular complexity index is 747. The van der Waals surface area contributed by atoms with E-state index in [4.69, 9.17) is 4.74 Å². The zero-order chi connectivity index (χ0) is 20.2. The van der Waals surface area contributed by atoms with Crippen LogP contribution in [0.15, 0.2) is 21.9 Å². The third-order valence-corrected chi connectivity index (χ3v) is 5.68. The Morgan fingerprint density at radius 1 is 1.37 bits per heavy atom. The number of nitrogens with zero attached hydrogens (tertiary/aromatic N) is 2. The molecule has 1 amide bonds. The lowest BCUT2D eigenvalue weighted by atomic mass is 10.1. The normalized spacial score (nSPS) is 24.2. The van der Waals surface area contributed by atoms with Gasteiger partial charge < -0.3 is 4.74 Å². The molecule has 1 N–H and O–H groups in total. The van der Waals surface area contributed by atoms with Crippen molar-refractivity contribution in [3.8, 4) is 0 Å². The molecular weight excluding hydrogens is 437 g/mol. The predicted molar refractivity (Wildman–Crippen MR) is 108 cm³/mol. The Labute approximate surface area is 170 Å². The van der Waals surface area contributed by atoms with Gasteiger partial charge in [-0.05, 0) is 49.7 Å². The second kappa shape index (κ2) is 9.23. The lowest BCUT2D eigenvalue weighted by molar-refractivity contribution is 0.0562. The van der Waals surface area contributed by atoms with Crippen LogP contribution in [-0.2, 0) is 15.5 Å². The molecule has 6 nitrogen and oxygen atoms in total. The molecule has 1 aromatic rings. The largest absolute Gasteiger partial charge is 0.444 e. The fourth-order valence-corrected chi connectivity index (χ4v) is 3.69. The average Bonchev–Trinajstić information content (AvgIpc) is 3.41. The number of amidine groups is 1. The highest BCUT2D eigenvalue weighted by Crippen LogP contribution is 2.28. The highest BCUT2D eigenvalue weighted by Gasteiger charge is 2.32. The van der Waals surface area contributed by atoms with Gasteiger partial charge in [0.2, 0.25) is 0 Å². The van der Waals surface area contributed by atoms with E-state index >= 15 is 0 Å². The van der Waals surface area contributed by atoms with Crippen LogP contribution >= 0.6 is 15.9 Å². The van der Waals surface area contributed by atoms with Crippen LogP contribution in [0.5, 0.6) is 0 Å². The van der Waals surface area contributed by atoms with Crippen molar-refractivity contribution < 1.29 is 18.1 Å². The second-order valence-electron chi connectivity index (χ2n) is 7.44. The maximum Gasteiger partial charge on any atom is 0.413 e. The van der Waals surface area contributed by atoms with Crippen LogP contribution in [0.1, 0.15) is 58.6 Å². The van der Waals surface area contributed by atoms with Crippen LogP contribution in [0.2, 0.25) is 0 Å². The van der Waals surface area contributed by atoms with Crippen LogP contribution in [-0.4, -0.2) is 37.7 Å². The molecule has 2 aliphatic rings. The molecule has 1 aliphatic heterocycles. The molecule has 0 aromatic carbocycles. The number of carbonyl (C=O) groups excluding carboxylic acids is 1. The Balaban J connectivity index is 0.000000789. The van der Waals surface area contributed by atoms with Crippen molar-refractivity contribution in [2.24, 2.45) is 4.99 Å². The fourth-order valence-electron chi connectivity index (χ4n) is 2.12. The zero-order valence-electron chi connectivity index (χ0n) is 15.9. The molecule has 27 heavy (non-hydrogen) atoms. The molecule has 9 heteroatoms. The number of hydrogen-bond donors (Lipinski definition) is 1. The summed E-state index contributed by atoms with van der Waals surface area (Å²) >= 11 is 3.19. The standard InChI is InChI=1S/C15H19BrFN3O3S.C3H6/c1-8-13(20-14(21)23-15(2,3)4)19-11(7-24(8)22)9-5-12(16)18-6-10(9)17;1-2-3-1/h5-6,8,11H,7H2,1-4H3,(H,19,20,21);1-3H2. The molecule has 1 saturated carbocycles. The van der Waals surface area contributed by atoms with Crippen LogP contribution < -0.4 is 5.32 Å². The summed E-state index contributed by atoms with van der Waals surface area (Å²) in [7, 11) is -1.30. The van der Waals surface area contributed by atoms with Crippen LogP contribution in [0, 0.1) is 5.82 Å². The molecule has 0 radical (unpaired) electrons. The first kappa shape index (κ1) is 21.9. The van der Waals surface area contributed by atoms with Crippen molar-refractivity contribution in [2.45, 2.75) is 63.9 Å². The van der Waals surface area contributed by atoms with Gasteiger partial charge in [-0.3, -0.25) is 14.5 Å². The zero-order valence-corrected chi connectivity index (χ0v) is 18.3. The van der Waals surface area contributed by atoms with Crippen LogP contribution in [0.4, 0.5) is 9.18 Å². The number of rotatable bonds is 1. The monoisotopic (exact) mass is 461 g/mol. The number of aromatic nitrogens is 1. The summed E-state index contributed by atoms with van der Waals surface area (Å²) in [5, 5.41) is 2.07. The maximum absolute atomic E-state index is 14.0. The van der Waals surface area contributed by atoms with Crippen molar-refractivity contribution in [3.05, 3.63) is 28.2 Å². The number of aliphatic imine (C=N–C) groups is 1. The van der Waals surface area contributed by atoms with E-state index in [1.54, 1.807) is 27.7 Å². The molecule has 1 aromatic heterocycles. The Kier molecular flexibility index (Phi) is 7.50. The topological polar surface area (TPSA) is 80.7 Å². The van der Waals surface area contributed by atoms with Gasteiger partial charge in [0.15, 0.2) is 0 Å².